The second-order valence-electron chi connectivity index (χ2n) is 6.11. The quantitative estimate of drug-likeness (QED) is 0.638. The Labute approximate surface area is 158 Å². The van der Waals surface area contributed by atoms with Gasteiger partial charge in [0.05, 0.1) is 0 Å². The molecule has 0 radical (unpaired) electrons. The van der Waals surface area contributed by atoms with Crippen LogP contribution in [0.4, 0.5) is 0 Å². The van der Waals surface area contributed by atoms with Gasteiger partial charge in [-0.15, -0.1) is 0 Å². The van der Waals surface area contributed by atoms with Crippen LogP contribution < -0.4 is 5.32 Å². The van der Waals surface area contributed by atoms with Crippen LogP contribution in [-0.2, 0) is 16.0 Å². The topological polar surface area (TPSA) is 97.6 Å². The van der Waals surface area contributed by atoms with Gasteiger partial charge in [0.25, 0.3) is 11.8 Å². The lowest BCUT2D eigenvalue weighted by atomic mass is 10.1. The number of hydrogen-bond donors (Lipinski definition) is 1. The summed E-state index contributed by atoms with van der Waals surface area (Å²) < 4.78 is 10.2. The molecule has 0 aliphatic rings. The van der Waals surface area contributed by atoms with E-state index in [9.17, 15) is 9.59 Å². The monoisotopic (exact) mass is 374 g/mol. The minimum absolute atomic E-state index is 0.0785. The van der Waals surface area contributed by atoms with Gasteiger partial charge in [-0.1, -0.05) is 12.1 Å². The highest BCUT2D eigenvalue weighted by atomic mass is 16.5. The first kappa shape index (κ1) is 20.6. The van der Waals surface area contributed by atoms with Crippen molar-refractivity contribution >= 4 is 11.8 Å². The molecule has 1 aromatic heterocycles. The molecule has 0 unspecified atom stereocenters. The van der Waals surface area contributed by atoms with Crippen LogP contribution in [0.1, 0.15) is 35.9 Å². The first-order valence-corrected chi connectivity index (χ1v) is 8.99. The van der Waals surface area contributed by atoms with Crippen molar-refractivity contribution in [2.45, 2.75) is 26.2 Å². The van der Waals surface area contributed by atoms with Crippen LogP contribution in [0.3, 0.4) is 0 Å². The molecule has 146 valence electrons. The summed E-state index contributed by atoms with van der Waals surface area (Å²) in [6.07, 6.45) is 1.76. The lowest BCUT2D eigenvalue weighted by molar-refractivity contribution is -0.129. The smallest absolute Gasteiger partial charge is 0.257 e. The van der Waals surface area contributed by atoms with Crippen LogP contribution in [0.25, 0.3) is 11.5 Å². The zero-order valence-electron chi connectivity index (χ0n) is 16.0. The number of methoxy groups -OCH3 is 1. The Kier molecular flexibility index (Phi) is 7.94. The summed E-state index contributed by atoms with van der Waals surface area (Å²) in [6.45, 7) is 3.54. The maximum atomic E-state index is 12.1. The summed E-state index contributed by atoms with van der Waals surface area (Å²) in [7, 11) is 3.39. The zero-order chi connectivity index (χ0) is 19.6. The predicted octanol–water partition coefficient (Wildman–Crippen LogP) is 1.91. The van der Waals surface area contributed by atoms with Gasteiger partial charge < -0.3 is 19.5 Å². The standard InChI is InChI=1S/C19H26N4O4/c1-4-17(24)23(2)12-10-16-21-19(27-22-16)15-8-6-14(7-9-15)18(25)20-11-5-13-26-3/h6-9H,4-5,10-13H2,1-3H3,(H,20,25). The van der Waals surface area contributed by atoms with Gasteiger partial charge >= 0.3 is 0 Å². The molecule has 0 fully saturated rings. The summed E-state index contributed by atoms with van der Waals surface area (Å²) in [5.74, 6) is 0.879. The molecule has 0 saturated heterocycles. The van der Waals surface area contributed by atoms with Gasteiger partial charge in [-0.25, -0.2) is 0 Å². The molecule has 1 N–H and O–H groups in total. The van der Waals surface area contributed by atoms with Crippen molar-refractivity contribution in [2.75, 3.05) is 33.9 Å². The molecule has 1 heterocycles. The Hall–Kier alpha value is -2.74. The first-order chi connectivity index (χ1) is 13.0. The van der Waals surface area contributed by atoms with Gasteiger partial charge in [-0.05, 0) is 30.7 Å². The van der Waals surface area contributed by atoms with Gasteiger partial charge in [-0.2, -0.15) is 4.98 Å². The maximum absolute atomic E-state index is 12.1. The predicted molar refractivity (Wildman–Crippen MR) is 100 cm³/mol. The molecule has 0 atom stereocenters. The number of aromatic nitrogens is 2. The Morgan fingerprint density at radius 2 is 2.00 bits per heavy atom. The van der Waals surface area contributed by atoms with Crippen molar-refractivity contribution < 1.29 is 18.8 Å². The summed E-state index contributed by atoms with van der Waals surface area (Å²) in [5.41, 5.74) is 1.30. The minimum Gasteiger partial charge on any atom is -0.385 e. The summed E-state index contributed by atoms with van der Waals surface area (Å²) in [5, 5.41) is 6.79. The molecule has 0 saturated carbocycles. The second-order valence-corrected chi connectivity index (χ2v) is 6.11. The van der Waals surface area contributed by atoms with Crippen molar-refractivity contribution in [2.24, 2.45) is 0 Å². The van der Waals surface area contributed by atoms with Crippen LogP contribution in [0.2, 0.25) is 0 Å². The molecule has 0 aliphatic heterocycles. The molecule has 0 bridgehead atoms. The van der Waals surface area contributed by atoms with Crippen molar-refractivity contribution in [3.63, 3.8) is 0 Å². The summed E-state index contributed by atoms with van der Waals surface area (Å²) in [6, 6.07) is 6.99. The average Bonchev–Trinajstić information content (AvgIpc) is 3.17. The fourth-order valence-corrected chi connectivity index (χ4v) is 2.42. The number of carbonyl (C=O) groups is 2. The van der Waals surface area contributed by atoms with E-state index in [2.05, 4.69) is 15.5 Å². The molecule has 8 heteroatoms. The SMILES string of the molecule is CCC(=O)N(C)CCc1noc(-c2ccc(C(=O)NCCCOC)cc2)n1. The van der Waals surface area contributed by atoms with Gasteiger partial charge in [-0.3, -0.25) is 9.59 Å². The van der Waals surface area contributed by atoms with E-state index >= 15 is 0 Å². The normalized spacial score (nSPS) is 10.6. The van der Waals surface area contributed by atoms with Crippen molar-refractivity contribution in [3.8, 4) is 11.5 Å². The van der Waals surface area contributed by atoms with Crippen molar-refractivity contribution in [3.05, 3.63) is 35.7 Å². The fourth-order valence-electron chi connectivity index (χ4n) is 2.42. The summed E-state index contributed by atoms with van der Waals surface area (Å²) >= 11 is 0. The fraction of sp³-hybridized carbons (Fsp3) is 0.474. The Bertz CT molecular complexity index is 742. The maximum Gasteiger partial charge on any atom is 0.257 e. The third-order valence-electron chi connectivity index (χ3n) is 4.07. The number of hydrogen-bond acceptors (Lipinski definition) is 6. The van der Waals surface area contributed by atoms with Crippen LogP contribution in [0, 0.1) is 0 Å². The molecule has 2 rings (SSSR count). The van der Waals surface area contributed by atoms with E-state index < -0.39 is 0 Å². The molecular formula is C19H26N4O4. The van der Waals surface area contributed by atoms with Gasteiger partial charge in [0.1, 0.15) is 0 Å². The molecule has 27 heavy (non-hydrogen) atoms. The van der Waals surface area contributed by atoms with E-state index in [1.807, 2.05) is 6.92 Å². The largest absolute Gasteiger partial charge is 0.385 e. The number of likely N-dealkylation sites (N-methyl/N-ethyl adjacent to an activating group) is 1. The number of nitrogens with one attached hydrogen (secondary N) is 1. The van der Waals surface area contributed by atoms with Crippen molar-refractivity contribution in [1.29, 1.82) is 0 Å². The number of ether oxygens (including phenoxy) is 1. The van der Waals surface area contributed by atoms with E-state index in [-0.39, 0.29) is 11.8 Å². The zero-order valence-corrected chi connectivity index (χ0v) is 16.0. The number of amides is 2. The highest BCUT2D eigenvalue weighted by molar-refractivity contribution is 5.94. The lowest BCUT2D eigenvalue weighted by Crippen LogP contribution is -2.28. The lowest BCUT2D eigenvalue weighted by Gasteiger charge is -2.14. The van der Waals surface area contributed by atoms with Gasteiger partial charge in [0.15, 0.2) is 5.82 Å². The van der Waals surface area contributed by atoms with Crippen LogP contribution in [-0.4, -0.2) is 60.7 Å². The summed E-state index contributed by atoms with van der Waals surface area (Å²) in [4.78, 5) is 29.6. The Balaban J connectivity index is 1.90. The minimum atomic E-state index is -0.132. The third-order valence-corrected chi connectivity index (χ3v) is 4.07. The Morgan fingerprint density at radius 3 is 2.67 bits per heavy atom. The molecular weight excluding hydrogens is 348 g/mol. The van der Waals surface area contributed by atoms with Gasteiger partial charge in [0.2, 0.25) is 5.91 Å². The third kappa shape index (κ3) is 6.18. The molecule has 0 aliphatic carbocycles. The number of nitrogens with zero attached hydrogens (tertiary/aromatic N) is 3. The molecule has 1 aromatic carbocycles. The van der Waals surface area contributed by atoms with E-state index in [1.165, 1.54) is 0 Å². The molecule has 0 spiro atoms. The highest BCUT2D eigenvalue weighted by Crippen LogP contribution is 2.18. The van der Waals surface area contributed by atoms with E-state index in [1.54, 1.807) is 43.3 Å². The van der Waals surface area contributed by atoms with Crippen LogP contribution in [0.5, 0.6) is 0 Å². The Morgan fingerprint density at radius 1 is 1.26 bits per heavy atom. The van der Waals surface area contributed by atoms with Crippen molar-refractivity contribution in [1.82, 2.24) is 20.4 Å². The number of carbonyl (C=O) groups excluding carboxylic acids is 2. The number of benzene rings is 1. The van der Waals surface area contributed by atoms with Crippen LogP contribution in [0.15, 0.2) is 28.8 Å². The first-order valence-electron chi connectivity index (χ1n) is 8.99. The molecule has 8 nitrogen and oxygen atoms in total. The second kappa shape index (κ2) is 10.4. The van der Waals surface area contributed by atoms with Gasteiger partial charge in [0, 0.05) is 57.8 Å². The van der Waals surface area contributed by atoms with E-state index in [0.717, 1.165) is 12.0 Å². The molecule has 2 amide bonds. The average molecular weight is 374 g/mol. The number of rotatable bonds is 10. The van der Waals surface area contributed by atoms with E-state index in [4.69, 9.17) is 9.26 Å². The van der Waals surface area contributed by atoms with E-state index in [0.29, 0.717) is 49.8 Å². The highest BCUT2D eigenvalue weighted by Gasteiger charge is 2.12. The van der Waals surface area contributed by atoms with Crippen LogP contribution >= 0.6 is 0 Å². The molecule has 2 aromatic rings.